The van der Waals surface area contributed by atoms with Crippen molar-refractivity contribution in [2.24, 2.45) is 0 Å². The van der Waals surface area contributed by atoms with Gasteiger partial charge in [-0.05, 0) is 25.2 Å². The highest BCUT2D eigenvalue weighted by Gasteiger charge is 2.01. The van der Waals surface area contributed by atoms with E-state index in [-0.39, 0.29) is 0 Å². The Bertz CT molecular complexity index is 428. The van der Waals surface area contributed by atoms with Gasteiger partial charge in [0, 0.05) is 12.7 Å². The van der Waals surface area contributed by atoms with Crippen molar-refractivity contribution < 1.29 is 0 Å². The monoisotopic (exact) mass is 200 g/mol. The van der Waals surface area contributed by atoms with Crippen LogP contribution in [-0.2, 0) is 6.54 Å². The third-order valence-corrected chi connectivity index (χ3v) is 2.01. The van der Waals surface area contributed by atoms with Gasteiger partial charge in [0.05, 0.1) is 17.1 Å². The van der Waals surface area contributed by atoms with Crippen LogP contribution in [0.25, 0.3) is 11.4 Å². The summed E-state index contributed by atoms with van der Waals surface area (Å²) in [5.74, 6) is 0. The minimum Gasteiger partial charge on any atom is -0.314 e. The first-order chi connectivity index (χ1) is 7.40. The molecule has 2 rings (SSSR count). The number of hydrogen-bond acceptors (Lipinski definition) is 4. The second kappa shape index (κ2) is 4.61. The molecule has 15 heavy (non-hydrogen) atoms. The second-order valence-corrected chi connectivity index (χ2v) is 3.14. The zero-order valence-electron chi connectivity index (χ0n) is 8.51. The van der Waals surface area contributed by atoms with Gasteiger partial charge >= 0.3 is 0 Å². The van der Waals surface area contributed by atoms with Gasteiger partial charge in [0.15, 0.2) is 0 Å². The van der Waals surface area contributed by atoms with Crippen molar-refractivity contribution in [2.45, 2.75) is 6.54 Å². The summed E-state index contributed by atoms with van der Waals surface area (Å²) in [6, 6.07) is 7.71. The molecule has 0 aliphatic rings. The fraction of sp³-hybridized carbons (Fsp3) is 0.182. The van der Waals surface area contributed by atoms with Crippen molar-refractivity contribution in [2.75, 3.05) is 7.05 Å². The summed E-state index contributed by atoms with van der Waals surface area (Å²) in [5.41, 5.74) is 2.70. The molecule has 0 aliphatic heterocycles. The molecule has 0 amide bonds. The zero-order valence-corrected chi connectivity index (χ0v) is 8.51. The van der Waals surface area contributed by atoms with E-state index in [9.17, 15) is 0 Å². The first-order valence-corrected chi connectivity index (χ1v) is 4.77. The molecule has 0 radical (unpaired) electrons. The van der Waals surface area contributed by atoms with Crippen molar-refractivity contribution in [3.63, 3.8) is 0 Å². The van der Waals surface area contributed by atoms with Gasteiger partial charge in [-0.2, -0.15) is 0 Å². The summed E-state index contributed by atoms with van der Waals surface area (Å²) in [6.07, 6.45) is 3.33. The number of pyridine rings is 1. The van der Waals surface area contributed by atoms with Crippen LogP contribution < -0.4 is 5.32 Å². The first-order valence-electron chi connectivity index (χ1n) is 4.77. The average Bonchev–Trinajstić information content (AvgIpc) is 2.31. The van der Waals surface area contributed by atoms with E-state index in [1.807, 2.05) is 31.3 Å². The van der Waals surface area contributed by atoms with Gasteiger partial charge in [-0.25, -0.2) is 9.97 Å². The lowest BCUT2D eigenvalue weighted by Crippen LogP contribution is -2.07. The van der Waals surface area contributed by atoms with Crippen molar-refractivity contribution in [3.8, 4) is 11.4 Å². The number of aromatic nitrogens is 3. The largest absolute Gasteiger partial charge is 0.314 e. The molecule has 2 aromatic heterocycles. The molecule has 4 nitrogen and oxygen atoms in total. The molecule has 0 bridgehead atoms. The van der Waals surface area contributed by atoms with Crippen LogP contribution in [0.3, 0.4) is 0 Å². The smallest absolute Gasteiger partial charge is 0.116 e. The summed E-state index contributed by atoms with van der Waals surface area (Å²) in [5, 5.41) is 3.05. The van der Waals surface area contributed by atoms with Crippen LogP contribution in [0.5, 0.6) is 0 Å². The Kier molecular flexibility index (Phi) is 2.99. The highest BCUT2D eigenvalue weighted by molar-refractivity contribution is 5.53. The second-order valence-electron chi connectivity index (χ2n) is 3.14. The minimum atomic E-state index is 0.738. The van der Waals surface area contributed by atoms with Gasteiger partial charge in [-0.1, -0.05) is 6.07 Å². The van der Waals surface area contributed by atoms with Gasteiger partial charge in [-0.15, -0.1) is 0 Å². The molecular formula is C11H12N4. The topological polar surface area (TPSA) is 50.7 Å². The quantitative estimate of drug-likeness (QED) is 0.810. The van der Waals surface area contributed by atoms with E-state index in [0.29, 0.717) is 0 Å². The van der Waals surface area contributed by atoms with Crippen LogP contribution in [0.2, 0.25) is 0 Å². The Morgan fingerprint density at radius 3 is 2.80 bits per heavy atom. The van der Waals surface area contributed by atoms with Gasteiger partial charge in [0.2, 0.25) is 0 Å². The first kappa shape index (κ1) is 9.73. The Morgan fingerprint density at radius 1 is 1.13 bits per heavy atom. The fourth-order valence-corrected chi connectivity index (χ4v) is 1.33. The highest BCUT2D eigenvalue weighted by atomic mass is 14.9. The Labute approximate surface area is 88.4 Å². The molecule has 0 spiro atoms. The van der Waals surface area contributed by atoms with Crippen molar-refractivity contribution in [1.29, 1.82) is 0 Å². The van der Waals surface area contributed by atoms with Crippen LogP contribution in [0.4, 0.5) is 0 Å². The summed E-state index contributed by atoms with van der Waals surface area (Å²) in [4.78, 5) is 12.6. The molecule has 76 valence electrons. The van der Waals surface area contributed by atoms with E-state index < -0.39 is 0 Å². The number of nitrogens with zero attached hydrogens (tertiary/aromatic N) is 3. The third kappa shape index (κ3) is 2.35. The summed E-state index contributed by atoms with van der Waals surface area (Å²) in [6.45, 7) is 0.738. The molecule has 0 unspecified atom stereocenters. The molecule has 0 fully saturated rings. The number of hydrogen-bond donors (Lipinski definition) is 1. The summed E-state index contributed by atoms with van der Waals surface area (Å²) in [7, 11) is 1.89. The van der Waals surface area contributed by atoms with Crippen LogP contribution in [0.15, 0.2) is 36.8 Å². The average molecular weight is 200 g/mol. The van der Waals surface area contributed by atoms with Crippen LogP contribution in [-0.4, -0.2) is 22.0 Å². The molecule has 0 atom stereocenters. The number of nitrogens with one attached hydrogen (secondary N) is 1. The fourth-order valence-electron chi connectivity index (χ4n) is 1.33. The lowest BCUT2D eigenvalue weighted by molar-refractivity contribution is 0.786. The van der Waals surface area contributed by atoms with Gasteiger partial charge in [0.25, 0.3) is 0 Å². The van der Waals surface area contributed by atoms with Crippen molar-refractivity contribution in [3.05, 3.63) is 42.5 Å². The van der Waals surface area contributed by atoms with E-state index in [1.165, 1.54) is 0 Å². The Hall–Kier alpha value is -1.81. The van der Waals surface area contributed by atoms with Gasteiger partial charge in [0.1, 0.15) is 6.33 Å². The van der Waals surface area contributed by atoms with Crippen molar-refractivity contribution in [1.82, 2.24) is 20.3 Å². The number of rotatable bonds is 3. The lowest BCUT2D eigenvalue weighted by Gasteiger charge is -2.02. The maximum absolute atomic E-state index is 4.24. The van der Waals surface area contributed by atoms with Gasteiger partial charge in [-0.3, -0.25) is 4.98 Å². The Balaban J connectivity index is 2.33. The molecule has 2 aromatic rings. The third-order valence-electron chi connectivity index (χ3n) is 2.01. The molecular weight excluding hydrogens is 188 g/mol. The van der Waals surface area contributed by atoms with Crippen LogP contribution in [0, 0.1) is 0 Å². The molecule has 4 heteroatoms. The zero-order chi connectivity index (χ0) is 10.5. The maximum atomic E-state index is 4.24. The molecule has 2 heterocycles. The van der Waals surface area contributed by atoms with Crippen LogP contribution >= 0.6 is 0 Å². The minimum absolute atomic E-state index is 0.738. The van der Waals surface area contributed by atoms with E-state index in [4.69, 9.17) is 0 Å². The molecule has 0 saturated heterocycles. The molecule has 0 aliphatic carbocycles. The Morgan fingerprint density at radius 2 is 2.07 bits per heavy atom. The molecule has 0 aromatic carbocycles. The summed E-state index contributed by atoms with van der Waals surface area (Å²) < 4.78 is 0. The maximum Gasteiger partial charge on any atom is 0.116 e. The van der Waals surface area contributed by atoms with Crippen molar-refractivity contribution >= 4 is 0 Å². The van der Waals surface area contributed by atoms with Gasteiger partial charge < -0.3 is 5.32 Å². The van der Waals surface area contributed by atoms with E-state index in [2.05, 4.69) is 20.3 Å². The summed E-state index contributed by atoms with van der Waals surface area (Å²) >= 11 is 0. The predicted octanol–water partition coefficient (Wildman–Crippen LogP) is 1.26. The standard InChI is InChI=1S/C11H12N4/c1-12-7-9-6-11(15-8-14-9)10-4-2-3-5-13-10/h2-6,8,12H,7H2,1H3. The van der Waals surface area contributed by atoms with E-state index >= 15 is 0 Å². The lowest BCUT2D eigenvalue weighted by atomic mass is 10.2. The highest BCUT2D eigenvalue weighted by Crippen LogP contribution is 2.12. The molecule has 0 saturated carbocycles. The SMILES string of the molecule is CNCc1cc(-c2ccccn2)ncn1. The normalized spacial score (nSPS) is 10.2. The van der Waals surface area contributed by atoms with E-state index in [1.54, 1.807) is 12.5 Å². The van der Waals surface area contributed by atoms with E-state index in [0.717, 1.165) is 23.6 Å². The molecule has 1 N–H and O–H groups in total. The predicted molar refractivity (Wildman–Crippen MR) is 58.0 cm³/mol. The van der Waals surface area contributed by atoms with Crippen LogP contribution in [0.1, 0.15) is 5.69 Å².